The van der Waals surface area contributed by atoms with Gasteiger partial charge in [-0.1, -0.05) is 0 Å². The minimum absolute atomic E-state index is 0.0494. The summed E-state index contributed by atoms with van der Waals surface area (Å²) in [5, 5.41) is 0.174. The maximum atomic E-state index is 12.3. The normalized spacial score (nSPS) is 21.6. The molecule has 1 spiro atoms. The van der Waals surface area contributed by atoms with Crippen LogP contribution in [0.1, 0.15) is 18.9 Å². The van der Waals surface area contributed by atoms with Gasteiger partial charge >= 0.3 is 5.69 Å². The lowest BCUT2D eigenvalue weighted by atomic mass is 9.64. The summed E-state index contributed by atoms with van der Waals surface area (Å²) in [5.41, 5.74) is 1.61. The van der Waals surface area contributed by atoms with Crippen molar-refractivity contribution in [3.63, 3.8) is 0 Å². The van der Waals surface area contributed by atoms with E-state index in [-0.39, 0.29) is 17.0 Å². The summed E-state index contributed by atoms with van der Waals surface area (Å²) in [6.45, 7) is 1.64. The number of halogens is 1. The first kappa shape index (κ1) is 11.4. The summed E-state index contributed by atoms with van der Waals surface area (Å²) in [5.74, 6) is 0. The molecule has 2 aromatic rings. The summed E-state index contributed by atoms with van der Waals surface area (Å²) in [6, 6.07) is 0.200. The number of aromatic nitrogens is 4. The van der Waals surface area contributed by atoms with Crippen LogP contribution in [0, 0.1) is 5.41 Å². The topological polar surface area (TPSA) is 61.9 Å². The van der Waals surface area contributed by atoms with Gasteiger partial charge in [0, 0.05) is 18.5 Å². The Morgan fingerprint density at radius 2 is 2.21 bits per heavy atom. The number of rotatable bonds is 1. The molecule has 1 aliphatic carbocycles. The maximum absolute atomic E-state index is 12.3. The molecule has 0 amide bonds. The highest BCUT2D eigenvalue weighted by molar-refractivity contribution is 6.28. The molecule has 0 bridgehead atoms. The van der Waals surface area contributed by atoms with Crippen LogP contribution in [0.5, 0.6) is 0 Å². The third kappa shape index (κ3) is 1.44. The molecule has 0 radical (unpaired) electrons. The van der Waals surface area contributed by atoms with Gasteiger partial charge in [0.25, 0.3) is 0 Å². The lowest BCUT2D eigenvalue weighted by molar-refractivity contribution is -0.174. The Hall–Kier alpha value is -1.40. The van der Waals surface area contributed by atoms with Gasteiger partial charge in [0.05, 0.1) is 19.4 Å². The van der Waals surface area contributed by atoms with Gasteiger partial charge in [-0.3, -0.25) is 9.13 Å². The third-order valence-electron chi connectivity index (χ3n) is 4.32. The van der Waals surface area contributed by atoms with Crippen LogP contribution in [0.15, 0.2) is 11.0 Å². The van der Waals surface area contributed by atoms with Crippen LogP contribution in [0.2, 0.25) is 5.28 Å². The summed E-state index contributed by atoms with van der Waals surface area (Å²) in [6.07, 6.45) is 3.56. The lowest BCUT2D eigenvalue weighted by Gasteiger charge is -2.53. The van der Waals surface area contributed by atoms with Gasteiger partial charge in [-0.05, 0) is 24.4 Å². The summed E-state index contributed by atoms with van der Waals surface area (Å²) in [7, 11) is 1.74. The second kappa shape index (κ2) is 3.58. The Kier molecular flexibility index (Phi) is 2.15. The van der Waals surface area contributed by atoms with Gasteiger partial charge in [0.1, 0.15) is 5.52 Å². The van der Waals surface area contributed by atoms with Gasteiger partial charge in [-0.25, -0.2) is 9.78 Å². The van der Waals surface area contributed by atoms with E-state index in [4.69, 9.17) is 16.3 Å². The quantitative estimate of drug-likeness (QED) is 0.735. The van der Waals surface area contributed by atoms with Gasteiger partial charge in [-0.15, -0.1) is 0 Å². The molecule has 2 aromatic heterocycles. The third-order valence-corrected chi connectivity index (χ3v) is 4.50. The summed E-state index contributed by atoms with van der Waals surface area (Å²) >= 11 is 5.85. The van der Waals surface area contributed by atoms with Gasteiger partial charge < -0.3 is 4.74 Å². The second-order valence-corrected chi connectivity index (χ2v) is 5.95. The zero-order chi connectivity index (χ0) is 13.2. The maximum Gasteiger partial charge on any atom is 0.330 e. The fourth-order valence-corrected chi connectivity index (χ4v) is 3.32. The first-order chi connectivity index (χ1) is 9.10. The molecule has 19 heavy (non-hydrogen) atoms. The van der Waals surface area contributed by atoms with Crippen molar-refractivity contribution in [1.82, 2.24) is 19.1 Å². The number of aryl methyl sites for hydroxylation is 1. The molecule has 7 heteroatoms. The van der Waals surface area contributed by atoms with Crippen molar-refractivity contribution in [3.8, 4) is 0 Å². The molecule has 1 saturated carbocycles. The van der Waals surface area contributed by atoms with Crippen molar-refractivity contribution < 1.29 is 4.74 Å². The van der Waals surface area contributed by atoms with Gasteiger partial charge in [0.2, 0.25) is 5.28 Å². The standard InChI is InChI=1S/C12H13ClN4O2/c1-16-8-4-14-10(13)15-9(8)17(11(16)18)7-2-12(3-7)5-19-6-12/h4,7H,2-3,5-6H2,1H3. The molecule has 0 atom stereocenters. The first-order valence-corrected chi connectivity index (χ1v) is 6.65. The van der Waals surface area contributed by atoms with Crippen molar-refractivity contribution >= 4 is 22.8 Å². The van der Waals surface area contributed by atoms with E-state index < -0.39 is 0 Å². The number of fused-ring (bicyclic) bond motifs is 1. The highest BCUT2D eigenvalue weighted by Gasteiger charge is 2.51. The fourth-order valence-electron chi connectivity index (χ4n) is 3.19. The van der Waals surface area contributed by atoms with Gasteiger partial charge in [-0.2, -0.15) is 4.98 Å². The zero-order valence-electron chi connectivity index (χ0n) is 10.5. The van der Waals surface area contributed by atoms with Crippen LogP contribution in [-0.4, -0.2) is 32.3 Å². The highest BCUT2D eigenvalue weighted by atomic mass is 35.5. The molecule has 0 unspecified atom stereocenters. The lowest BCUT2D eigenvalue weighted by Crippen LogP contribution is -2.53. The van der Waals surface area contributed by atoms with Crippen molar-refractivity contribution in [3.05, 3.63) is 22.0 Å². The molecule has 100 valence electrons. The van der Waals surface area contributed by atoms with E-state index >= 15 is 0 Å². The zero-order valence-corrected chi connectivity index (χ0v) is 11.2. The molecule has 1 aliphatic heterocycles. The van der Waals surface area contributed by atoms with Crippen LogP contribution in [0.25, 0.3) is 11.2 Å². The molecule has 4 rings (SSSR count). The molecule has 3 heterocycles. The summed E-state index contributed by atoms with van der Waals surface area (Å²) < 4.78 is 8.60. The Morgan fingerprint density at radius 1 is 1.47 bits per heavy atom. The first-order valence-electron chi connectivity index (χ1n) is 6.27. The molecular weight excluding hydrogens is 268 g/mol. The van der Waals surface area contributed by atoms with E-state index in [9.17, 15) is 4.79 Å². The summed E-state index contributed by atoms with van der Waals surface area (Å²) in [4.78, 5) is 20.5. The molecule has 2 aliphatic rings. The van der Waals surface area contributed by atoms with Crippen molar-refractivity contribution in [2.45, 2.75) is 18.9 Å². The van der Waals surface area contributed by atoms with Crippen molar-refractivity contribution in [2.75, 3.05) is 13.2 Å². The number of hydrogen-bond donors (Lipinski definition) is 0. The van der Waals surface area contributed by atoms with E-state index in [1.807, 2.05) is 0 Å². The van der Waals surface area contributed by atoms with Crippen LogP contribution >= 0.6 is 11.6 Å². The Morgan fingerprint density at radius 3 is 2.84 bits per heavy atom. The number of ether oxygens (including phenoxy) is 1. The molecule has 0 aromatic carbocycles. The smallest absolute Gasteiger partial charge is 0.330 e. The predicted octanol–water partition coefficient (Wildman–Crippen LogP) is 1.13. The minimum atomic E-state index is -0.0494. The van der Waals surface area contributed by atoms with Crippen LogP contribution in [0.3, 0.4) is 0 Å². The van der Waals surface area contributed by atoms with E-state index in [2.05, 4.69) is 9.97 Å². The Balaban J connectivity index is 1.83. The Labute approximate surface area is 114 Å². The molecule has 1 saturated heterocycles. The number of imidazole rings is 1. The average Bonchev–Trinajstić information content (AvgIpc) is 2.50. The molecule has 0 N–H and O–H groups in total. The van der Waals surface area contributed by atoms with Gasteiger partial charge in [0.15, 0.2) is 5.65 Å². The SMILES string of the molecule is Cn1c(=O)n(C2CC3(COC3)C2)c2nc(Cl)ncc21. The van der Waals surface area contributed by atoms with E-state index in [1.165, 1.54) is 0 Å². The van der Waals surface area contributed by atoms with Crippen LogP contribution < -0.4 is 5.69 Å². The molecule has 2 fully saturated rings. The Bertz CT molecular complexity index is 723. The van der Waals surface area contributed by atoms with E-state index in [0.717, 1.165) is 31.6 Å². The second-order valence-electron chi connectivity index (χ2n) is 5.61. The average molecular weight is 281 g/mol. The highest BCUT2D eigenvalue weighted by Crippen LogP contribution is 2.53. The van der Waals surface area contributed by atoms with Crippen LogP contribution in [0.4, 0.5) is 0 Å². The number of hydrogen-bond acceptors (Lipinski definition) is 4. The van der Waals surface area contributed by atoms with E-state index in [0.29, 0.717) is 11.1 Å². The minimum Gasteiger partial charge on any atom is -0.380 e. The predicted molar refractivity (Wildman–Crippen MR) is 69.3 cm³/mol. The fraction of sp³-hybridized carbons (Fsp3) is 0.583. The monoisotopic (exact) mass is 280 g/mol. The van der Waals surface area contributed by atoms with E-state index in [1.54, 1.807) is 22.4 Å². The van der Waals surface area contributed by atoms with Crippen molar-refractivity contribution in [1.29, 1.82) is 0 Å². The van der Waals surface area contributed by atoms with Crippen LogP contribution in [-0.2, 0) is 11.8 Å². The van der Waals surface area contributed by atoms with Crippen molar-refractivity contribution in [2.24, 2.45) is 12.5 Å². The molecular formula is C12H13ClN4O2. The molecule has 6 nitrogen and oxygen atoms in total. The largest absolute Gasteiger partial charge is 0.380 e. The number of nitrogens with zero attached hydrogens (tertiary/aromatic N) is 4.